The predicted octanol–water partition coefficient (Wildman–Crippen LogP) is 2.43. The van der Waals surface area contributed by atoms with Crippen LogP contribution in [0.15, 0.2) is 12.1 Å². The molecule has 0 bridgehead atoms. The Hall–Kier alpha value is -1.67. The molecule has 1 aliphatic rings. The number of methoxy groups -OCH3 is 1. The smallest absolute Gasteiger partial charge is 0.146 e. The summed E-state index contributed by atoms with van der Waals surface area (Å²) in [5.74, 6) is -1.67. The number of benzene rings is 1. The Morgan fingerprint density at radius 3 is 2.41 bits per heavy atom. The molecule has 1 aliphatic carbocycles. The molecule has 0 aliphatic heterocycles. The lowest BCUT2D eigenvalue weighted by atomic mass is 9.89. The number of halogens is 2. The Kier molecular flexibility index (Phi) is 3.25. The first-order valence-corrected chi connectivity index (χ1v) is 5.32. The summed E-state index contributed by atoms with van der Waals surface area (Å²) in [6.45, 7) is 0. The molecular weight excluding hydrogens is 226 g/mol. The summed E-state index contributed by atoms with van der Waals surface area (Å²) < 4.78 is 31.7. The molecule has 3 nitrogen and oxygen atoms in total. The minimum Gasteiger partial charge on any atom is -0.382 e. The average Bonchev–Trinajstić information content (AvgIpc) is 2.22. The van der Waals surface area contributed by atoms with Gasteiger partial charge in [-0.25, -0.2) is 8.78 Å². The van der Waals surface area contributed by atoms with E-state index in [4.69, 9.17) is 10.00 Å². The topological polar surface area (TPSA) is 45.0 Å². The highest BCUT2D eigenvalue weighted by molar-refractivity contribution is 5.50. The van der Waals surface area contributed by atoms with E-state index in [2.05, 4.69) is 5.32 Å². The van der Waals surface area contributed by atoms with Crippen LogP contribution < -0.4 is 5.32 Å². The van der Waals surface area contributed by atoms with E-state index in [0.29, 0.717) is 5.69 Å². The lowest BCUT2D eigenvalue weighted by Crippen LogP contribution is -2.40. The van der Waals surface area contributed by atoms with Crippen molar-refractivity contribution in [1.82, 2.24) is 0 Å². The van der Waals surface area contributed by atoms with Crippen molar-refractivity contribution in [2.24, 2.45) is 0 Å². The number of nitrogens with one attached hydrogen (secondary N) is 1. The van der Waals surface area contributed by atoms with E-state index in [1.165, 1.54) is 6.07 Å². The zero-order valence-electron chi connectivity index (χ0n) is 9.34. The van der Waals surface area contributed by atoms with Gasteiger partial charge in [0.1, 0.15) is 23.3 Å². The van der Waals surface area contributed by atoms with Crippen LogP contribution in [0.25, 0.3) is 0 Å². The van der Waals surface area contributed by atoms with Gasteiger partial charge in [0.15, 0.2) is 0 Å². The van der Waals surface area contributed by atoms with Gasteiger partial charge in [-0.3, -0.25) is 0 Å². The van der Waals surface area contributed by atoms with E-state index in [9.17, 15) is 8.78 Å². The molecule has 1 aromatic rings. The monoisotopic (exact) mass is 238 g/mol. The molecule has 0 unspecified atom stereocenters. The summed E-state index contributed by atoms with van der Waals surface area (Å²) in [7, 11) is 1.64. The van der Waals surface area contributed by atoms with Gasteiger partial charge in [0.05, 0.1) is 6.10 Å². The van der Waals surface area contributed by atoms with Crippen LogP contribution >= 0.6 is 0 Å². The third-order valence-corrected chi connectivity index (χ3v) is 2.95. The van der Waals surface area contributed by atoms with Gasteiger partial charge in [-0.2, -0.15) is 5.26 Å². The summed E-state index contributed by atoms with van der Waals surface area (Å²) in [6, 6.07) is 3.94. The first-order chi connectivity index (χ1) is 8.13. The molecule has 1 aromatic carbocycles. The molecule has 0 atom stereocenters. The zero-order chi connectivity index (χ0) is 12.4. The molecule has 0 spiro atoms. The number of hydrogen-bond donors (Lipinski definition) is 1. The van der Waals surface area contributed by atoms with E-state index in [1.54, 1.807) is 7.11 Å². The average molecular weight is 238 g/mol. The summed E-state index contributed by atoms with van der Waals surface area (Å²) in [5.41, 5.74) is -0.183. The van der Waals surface area contributed by atoms with Crippen molar-refractivity contribution in [3.63, 3.8) is 0 Å². The van der Waals surface area contributed by atoms with Crippen LogP contribution in [0.5, 0.6) is 0 Å². The summed E-state index contributed by atoms with van der Waals surface area (Å²) in [6.07, 6.45) is 1.86. The van der Waals surface area contributed by atoms with Crippen molar-refractivity contribution < 1.29 is 13.5 Å². The molecule has 90 valence electrons. The fraction of sp³-hybridized carbons (Fsp3) is 0.417. The summed E-state index contributed by atoms with van der Waals surface area (Å²) in [5, 5.41) is 11.5. The van der Waals surface area contributed by atoms with Gasteiger partial charge in [0.25, 0.3) is 0 Å². The van der Waals surface area contributed by atoms with Crippen molar-refractivity contribution in [1.29, 1.82) is 5.26 Å². The van der Waals surface area contributed by atoms with Crippen LogP contribution in [0, 0.1) is 23.0 Å². The Morgan fingerprint density at radius 2 is 1.94 bits per heavy atom. The van der Waals surface area contributed by atoms with Crippen LogP contribution in [-0.2, 0) is 4.74 Å². The van der Waals surface area contributed by atoms with Gasteiger partial charge in [-0.1, -0.05) is 0 Å². The van der Waals surface area contributed by atoms with E-state index >= 15 is 0 Å². The van der Waals surface area contributed by atoms with E-state index in [1.807, 2.05) is 0 Å². The highest BCUT2D eigenvalue weighted by Crippen LogP contribution is 2.27. The van der Waals surface area contributed by atoms with Crippen molar-refractivity contribution in [2.45, 2.75) is 25.0 Å². The fourth-order valence-corrected chi connectivity index (χ4v) is 1.87. The van der Waals surface area contributed by atoms with Gasteiger partial charge in [0, 0.05) is 18.8 Å². The molecule has 0 amide bonds. The largest absolute Gasteiger partial charge is 0.382 e. The molecule has 1 N–H and O–H groups in total. The number of anilines is 1. The van der Waals surface area contributed by atoms with Crippen LogP contribution in [0.2, 0.25) is 0 Å². The Balaban J connectivity index is 2.06. The third kappa shape index (κ3) is 2.37. The standard InChI is InChI=1S/C12H12F2N2O/c1-17-9-2-7(3-9)16-8-4-11(13)10(6-15)12(14)5-8/h4-5,7,9,16H,2-3H2,1H3. The van der Waals surface area contributed by atoms with Gasteiger partial charge >= 0.3 is 0 Å². The van der Waals surface area contributed by atoms with Crippen molar-refractivity contribution in [2.75, 3.05) is 12.4 Å². The lowest BCUT2D eigenvalue weighted by Gasteiger charge is -2.35. The number of ether oxygens (including phenoxy) is 1. The molecule has 5 heteroatoms. The van der Waals surface area contributed by atoms with Crippen molar-refractivity contribution in [3.05, 3.63) is 29.3 Å². The maximum Gasteiger partial charge on any atom is 0.146 e. The van der Waals surface area contributed by atoms with Crippen LogP contribution in [-0.4, -0.2) is 19.3 Å². The quantitative estimate of drug-likeness (QED) is 0.879. The molecule has 17 heavy (non-hydrogen) atoms. The molecule has 1 saturated carbocycles. The highest BCUT2D eigenvalue weighted by Gasteiger charge is 2.29. The van der Waals surface area contributed by atoms with Crippen LogP contribution in [0.1, 0.15) is 18.4 Å². The van der Waals surface area contributed by atoms with Gasteiger partial charge < -0.3 is 10.1 Å². The first-order valence-electron chi connectivity index (χ1n) is 5.32. The predicted molar refractivity (Wildman–Crippen MR) is 58.5 cm³/mol. The number of hydrogen-bond acceptors (Lipinski definition) is 3. The molecule has 0 heterocycles. The first kappa shape index (κ1) is 11.8. The molecular formula is C12H12F2N2O. The minimum atomic E-state index is -0.836. The van der Waals surface area contributed by atoms with Gasteiger partial charge in [-0.15, -0.1) is 0 Å². The van der Waals surface area contributed by atoms with Crippen LogP contribution in [0.3, 0.4) is 0 Å². The van der Waals surface area contributed by atoms with E-state index in [0.717, 1.165) is 25.0 Å². The number of nitrogens with zero attached hydrogens (tertiary/aromatic N) is 1. The number of rotatable bonds is 3. The molecule has 0 saturated heterocycles. The van der Waals surface area contributed by atoms with Gasteiger partial charge in [0.2, 0.25) is 0 Å². The maximum atomic E-state index is 13.3. The van der Waals surface area contributed by atoms with E-state index < -0.39 is 17.2 Å². The number of nitriles is 1. The molecule has 1 fully saturated rings. The zero-order valence-corrected chi connectivity index (χ0v) is 9.34. The second-order valence-corrected chi connectivity index (χ2v) is 4.10. The normalized spacial score (nSPS) is 22.7. The molecule has 2 rings (SSSR count). The molecule has 0 aromatic heterocycles. The second kappa shape index (κ2) is 4.68. The third-order valence-electron chi connectivity index (χ3n) is 2.95. The van der Waals surface area contributed by atoms with Crippen molar-refractivity contribution in [3.8, 4) is 6.07 Å². The Labute approximate surface area is 98.0 Å². The second-order valence-electron chi connectivity index (χ2n) is 4.10. The van der Waals surface area contributed by atoms with Crippen molar-refractivity contribution >= 4 is 5.69 Å². The highest BCUT2D eigenvalue weighted by atomic mass is 19.1. The van der Waals surface area contributed by atoms with Gasteiger partial charge in [-0.05, 0) is 25.0 Å². The Bertz CT molecular complexity index is 441. The van der Waals surface area contributed by atoms with Crippen LogP contribution in [0.4, 0.5) is 14.5 Å². The SMILES string of the molecule is COC1CC(Nc2cc(F)c(C#N)c(F)c2)C1. The Morgan fingerprint density at radius 1 is 1.35 bits per heavy atom. The lowest BCUT2D eigenvalue weighted by molar-refractivity contribution is 0.0328. The minimum absolute atomic E-state index is 0.173. The van der Waals surface area contributed by atoms with E-state index in [-0.39, 0.29) is 12.1 Å². The fourth-order valence-electron chi connectivity index (χ4n) is 1.87. The maximum absolute atomic E-state index is 13.3. The summed E-state index contributed by atoms with van der Waals surface area (Å²) in [4.78, 5) is 0. The summed E-state index contributed by atoms with van der Waals surface area (Å²) >= 11 is 0. The molecule has 0 radical (unpaired) electrons.